The quantitative estimate of drug-likeness (QED) is 0.805. The van der Waals surface area contributed by atoms with E-state index in [9.17, 15) is 14.0 Å². The molecule has 122 valence electrons. The van der Waals surface area contributed by atoms with E-state index in [0.29, 0.717) is 5.69 Å². The van der Waals surface area contributed by atoms with Gasteiger partial charge in [-0.3, -0.25) is 14.6 Å². The van der Waals surface area contributed by atoms with Gasteiger partial charge in [-0.1, -0.05) is 42.5 Å². The highest BCUT2D eigenvalue weighted by molar-refractivity contribution is 6.14. The molecular weight excluding hydrogens is 307 g/mol. The van der Waals surface area contributed by atoms with Crippen LogP contribution in [0, 0.1) is 5.82 Å². The lowest BCUT2D eigenvalue weighted by Gasteiger charge is -2.19. The Labute approximate surface area is 139 Å². The van der Waals surface area contributed by atoms with Crippen molar-refractivity contribution in [3.8, 4) is 0 Å². The molecule has 0 saturated carbocycles. The number of carbonyl (C=O) groups excluding carboxylic acids is 2. The predicted octanol–water partition coefficient (Wildman–Crippen LogP) is 3.70. The number of imide groups is 1. The first-order chi connectivity index (χ1) is 11.6. The molecule has 0 aliphatic carbocycles. The summed E-state index contributed by atoms with van der Waals surface area (Å²) in [5.74, 6) is -0.644. The number of anilines is 1. The van der Waals surface area contributed by atoms with Crippen LogP contribution in [0.5, 0.6) is 0 Å². The van der Waals surface area contributed by atoms with E-state index in [4.69, 9.17) is 0 Å². The average molecular weight is 324 g/mol. The van der Waals surface area contributed by atoms with Gasteiger partial charge in [-0.05, 0) is 36.8 Å². The lowest BCUT2D eigenvalue weighted by molar-refractivity contribution is -0.126. The number of rotatable bonds is 4. The molecule has 0 spiro atoms. The second-order valence-electron chi connectivity index (χ2n) is 5.57. The fourth-order valence-electron chi connectivity index (χ4n) is 2.69. The molecule has 3 amide bonds. The minimum Gasteiger partial charge on any atom is -0.282 e. The summed E-state index contributed by atoms with van der Waals surface area (Å²) in [5, 5.41) is 0. The van der Waals surface area contributed by atoms with Crippen LogP contribution in [0.2, 0.25) is 0 Å². The Kier molecular flexibility index (Phi) is 4.42. The highest BCUT2D eigenvalue weighted by atomic mass is 19.1. The van der Waals surface area contributed by atoms with Gasteiger partial charge in [-0.15, -0.1) is 0 Å². The summed E-state index contributed by atoms with van der Waals surface area (Å²) in [4.78, 5) is 27.5. The summed E-state index contributed by atoms with van der Waals surface area (Å²) in [7, 11) is 0. The molecule has 0 radical (unpaired) electrons. The van der Waals surface area contributed by atoms with Crippen molar-refractivity contribution < 1.29 is 14.0 Å². The molecule has 3 rings (SSSR count). The Balaban J connectivity index is 1.75. The Morgan fingerprint density at radius 3 is 2.38 bits per heavy atom. The van der Waals surface area contributed by atoms with E-state index in [1.807, 2.05) is 36.4 Å². The summed E-state index contributed by atoms with van der Waals surface area (Å²) < 4.78 is 13.1. The van der Waals surface area contributed by atoms with Crippen molar-refractivity contribution in [3.05, 3.63) is 72.1 Å². The molecule has 1 heterocycles. The molecule has 4 nitrogen and oxygen atoms in total. The van der Waals surface area contributed by atoms with Crippen molar-refractivity contribution in [2.45, 2.75) is 13.0 Å². The first-order valence-electron chi connectivity index (χ1n) is 7.69. The lowest BCUT2D eigenvalue weighted by atomic mass is 10.2. The van der Waals surface area contributed by atoms with Gasteiger partial charge in [0.15, 0.2) is 0 Å². The smallest absolute Gasteiger partial charge is 0.282 e. The number of urea groups is 1. The number of hydrogen-bond donors (Lipinski definition) is 0. The molecule has 1 saturated heterocycles. The molecule has 2 aromatic carbocycles. The van der Waals surface area contributed by atoms with Crippen molar-refractivity contribution in [1.29, 1.82) is 0 Å². The fourth-order valence-corrected chi connectivity index (χ4v) is 2.69. The zero-order valence-electron chi connectivity index (χ0n) is 13.2. The number of amides is 3. The van der Waals surface area contributed by atoms with Crippen LogP contribution in [0.25, 0.3) is 6.08 Å². The molecule has 2 aromatic rings. The zero-order valence-corrected chi connectivity index (χ0v) is 13.2. The second kappa shape index (κ2) is 6.66. The van der Waals surface area contributed by atoms with Gasteiger partial charge in [0, 0.05) is 12.2 Å². The standard InChI is InChI=1S/C19H17FN2O2/c1-14-18(23)21(13-5-8-15-6-3-2-4-7-15)19(24)22(14)17-11-9-16(20)10-12-17/h2-12,14H,13H2,1H3/b8-5+/t14-/m1/s1. The average Bonchev–Trinajstić information content (AvgIpc) is 2.80. The van der Waals surface area contributed by atoms with E-state index in [-0.39, 0.29) is 18.3 Å². The predicted molar refractivity (Wildman–Crippen MR) is 90.9 cm³/mol. The second-order valence-corrected chi connectivity index (χ2v) is 5.57. The number of carbonyl (C=O) groups is 2. The fraction of sp³-hybridized carbons (Fsp3) is 0.158. The van der Waals surface area contributed by atoms with Crippen LogP contribution in [0.1, 0.15) is 12.5 Å². The summed E-state index contributed by atoms with van der Waals surface area (Å²) >= 11 is 0. The molecule has 1 fully saturated rings. The van der Waals surface area contributed by atoms with Crippen LogP contribution < -0.4 is 4.90 Å². The third kappa shape index (κ3) is 3.06. The van der Waals surface area contributed by atoms with Crippen LogP contribution in [0.15, 0.2) is 60.7 Å². The SMILES string of the molecule is C[C@@H]1C(=O)N(C/C=C/c2ccccc2)C(=O)N1c1ccc(F)cc1. The van der Waals surface area contributed by atoms with E-state index in [1.165, 1.54) is 34.1 Å². The molecule has 1 aliphatic heterocycles. The normalized spacial score (nSPS) is 18.0. The number of halogens is 1. The molecule has 5 heteroatoms. The van der Waals surface area contributed by atoms with Crippen LogP contribution >= 0.6 is 0 Å². The van der Waals surface area contributed by atoms with Crippen molar-refractivity contribution in [1.82, 2.24) is 4.90 Å². The van der Waals surface area contributed by atoms with E-state index in [2.05, 4.69) is 0 Å². The van der Waals surface area contributed by atoms with Crippen LogP contribution in [-0.4, -0.2) is 29.4 Å². The van der Waals surface area contributed by atoms with E-state index >= 15 is 0 Å². The maximum atomic E-state index is 13.1. The van der Waals surface area contributed by atoms with Gasteiger partial charge in [-0.25, -0.2) is 9.18 Å². The van der Waals surface area contributed by atoms with E-state index < -0.39 is 12.1 Å². The van der Waals surface area contributed by atoms with Gasteiger partial charge in [0.05, 0.1) is 0 Å². The molecule has 0 N–H and O–H groups in total. The zero-order chi connectivity index (χ0) is 17.1. The highest BCUT2D eigenvalue weighted by Crippen LogP contribution is 2.25. The lowest BCUT2D eigenvalue weighted by Crippen LogP contribution is -2.33. The van der Waals surface area contributed by atoms with Crippen molar-refractivity contribution >= 4 is 23.7 Å². The summed E-state index contributed by atoms with van der Waals surface area (Å²) in [6.45, 7) is 1.87. The minimum atomic E-state index is -0.604. The minimum absolute atomic E-state index is 0.203. The number of benzene rings is 2. The van der Waals surface area contributed by atoms with Crippen LogP contribution in [0.3, 0.4) is 0 Å². The van der Waals surface area contributed by atoms with E-state index in [0.717, 1.165) is 5.56 Å². The molecule has 24 heavy (non-hydrogen) atoms. The van der Waals surface area contributed by atoms with Gasteiger partial charge in [-0.2, -0.15) is 0 Å². The van der Waals surface area contributed by atoms with Gasteiger partial charge in [0.25, 0.3) is 5.91 Å². The van der Waals surface area contributed by atoms with Gasteiger partial charge in [0.2, 0.25) is 0 Å². The highest BCUT2D eigenvalue weighted by Gasteiger charge is 2.42. The largest absolute Gasteiger partial charge is 0.332 e. The van der Waals surface area contributed by atoms with Crippen LogP contribution in [-0.2, 0) is 4.79 Å². The van der Waals surface area contributed by atoms with Crippen molar-refractivity contribution in [3.63, 3.8) is 0 Å². The van der Waals surface area contributed by atoms with Crippen molar-refractivity contribution in [2.75, 3.05) is 11.4 Å². The maximum Gasteiger partial charge on any atom is 0.332 e. The third-order valence-electron chi connectivity index (χ3n) is 3.95. The van der Waals surface area contributed by atoms with Gasteiger partial charge >= 0.3 is 6.03 Å². The Hall–Kier alpha value is -2.95. The summed E-state index contributed by atoms with van der Waals surface area (Å²) in [6, 6.07) is 14.2. The molecular formula is C19H17FN2O2. The third-order valence-corrected chi connectivity index (χ3v) is 3.95. The Morgan fingerprint density at radius 1 is 1.04 bits per heavy atom. The molecule has 1 aliphatic rings. The number of hydrogen-bond acceptors (Lipinski definition) is 2. The Morgan fingerprint density at radius 2 is 1.71 bits per heavy atom. The molecule has 0 aromatic heterocycles. The summed E-state index contributed by atoms with van der Waals surface area (Å²) in [6.07, 6.45) is 3.65. The Bertz CT molecular complexity index is 772. The topological polar surface area (TPSA) is 40.6 Å². The van der Waals surface area contributed by atoms with E-state index in [1.54, 1.807) is 13.0 Å². The molecule has 1 atom stereocenters. The maximum absolute atomic E-state index is 13.1. The molecule has 0 bridgehead atoms. The number of nitrogens with zero attached hydrogens (tertiary/aromatic N) is 2. The van der Waals surface area contributed by atoms with Crippen LogP contribution in [0.4, 0.5) is 14.9 Å². The monoisotopic (exact) mass is 324 g/mol. The van der Waals surface area contributed by atoms with Gasteiger partial charge in [0.1, 0.15) is 11.9 Å². The summed E-state index contributed by atoms with van der Waals surface area (Å²) in [5.41, 5.74) is 1.51. The van der Waals surface area contributed by atoms with Gasteiger partial charge < -0.3 is 0 Å². The molecule has 0 unspecified atom stereocenters. The van der Waals surface area contributed by atoms with Crippen molar-refractivity contribution in [2.24, 2.45) is 0 Å². The first-order valence-corrected chi connectivity index (χ1v) is 7.69. The first kappa shape index (κ1) is 15.9.